The molecule has 1 aromatic rings. The number of nitrogens with zero attached hydrogens (tertiary/aromatic N) is 2. The van der Waals surface area contributed by atoms with Crippen LogP contribution in [0.5, 0.6) is 11.5 Å². The number of likely N-dealkylation sites (tertiary alicyclic amines) is 1. The number of hydrogen-bond donors (Lipinski definition) is 1. The number of amides is 2. The molecule has 2 atom stereocenters. The molecule has 0 radical (unpaired) electrons. The summed E-state index contributed by atoms with van der Waals surface area (Å²) in [6.07, 6.45) is 2.54. The van der Waals surface area contributed by atoms with E-state index in [2.05, 4.69) is 5.32 Å². The van der Waals surface area contributed by atoms with Crippen molar-refractivity contribution in [3.63, 3.8) is 0 Å². The summed E-state index contributed by atoms with van der Waals surface area (Å²) in [6, 6.07) is 5.04. The summed E-state index contributed by atoms with van der Waals surface area (Å²) in [5.41, 5.74) is 0.536. The fourth-order valence-electron chi connectivity index (χ4n) is 3.85. The first kappa shape index (κ1) is 16.2. The summed E-state index contributed by atoms with van der Waals surface area (Å²) < 4.78 is 10.6. The number of carbonyl (C=O) groups is 2. The van der Waals surface area contributed by atoms with Gasteiger partial charge in [0.1, 0.15) is 6.04 Å². The van der Waals surface area contributed by atoms with Gasteiger partial charge in [0, 0.05) is 31.7 Å². The van der Waals surface area contributed by atoms with E-state index in [1.54, 1.807) is 23.1 Å². The predicted molar refractivity (Wildman–Crippen MR) is 90.7 cm³/mol. The molecule has 1 N–H and O–H groups in total. The Morgan fingerprint density at radius 1 is 1.24 bits per heavy atom. The molecule has 0 bridgehead atoms. The van der Waals surface area contributed by atoms with Crippen molar-refractivity contribution in [2.45, 2.75) is 31.3 Å². The SMILES string of the molecule is CN(C(=O)C1CCCN1C(=O)c1ccc2c(c1)OCO2)C1CCNC1. The third kappa shape index (κ3) is 2.93. The predicted octanol–water partition coefficient (Wildman–Crippen LogP) is 0.840. The van der Waals surface area contributed by atoms with Crippen molar-refractivity contribution in [3.05, 3.63) is 23.8 Å². The number of fused-ring (bicyclic) bond motifs is 1. The summed E-state index contributed by atoms with van der Waals surface area (Å²) in [5, 5.41) is 3.28. The molecule has 2 saturated heterocycles. The molecule has 3 heterocycles. The van der Waals surface area contributed by atoms with E-state index < -0.39 is 0 Å². The van der Waals surface area contributed by atoms with Crippen molar-refractivity contribution >= 4 is 11.8 Å². The van der Waals surface area contributed by atoms with Gasteiger partial charge in [0.15, 0.2) is 11.5 Å². The van der Waals surface area contributed by atoms with Crippen LogP contribution in [0, 0.1) is 0 Å². The summed E-state index contributed by atoms with van der Waals surface area (Å²) in [4.78, 5) is 29.4. The van der Waals surface area contributed by atoms with Crippen LogP contribution in [0.25, 0.3) is 0 Å². The second kappa shape index (κ2) is 6.55. The van der Waals surface area contributed by atoms with Crippen molar-refractivity contribution < 1.29 is 19.1 Å². The van der Waals surface area contributed by atoms with E-state index in [9.17, 15) is 9.59 Å². The second-order valence-electron chi connectivity index (χ2n) is 6.82. The van der Waals surface area contributed by atoms with Gasteiger partial charge >= 0.3 is 0 Å². The molecule has 1 aromatic carbocycles. The van der Waals surface area contributed by atoms with Crippen LogP contribution in [0.2, 0.25) is 0 Å². The molecule has 0 spiro atoms. The first-order valence-electron chi connectivity index (χ1n) is 8.83. The monoisotopic (exact) mass is 345 g/mol. The second-order valence-corrected chi connectivity index (χ2v) is 6.82. The molecule has 2 unspecified atom stereocenters. The lowest BCUT2D eigenvalue weighted by Crippen LogP contribution is -2.50. The molecule has 2 amide bonds. The number of hydrogen-bond acceptors (Lipinski definition) is 5. The number of ether oxygens (including phenoxy) is 2. The fraction of sp³-hybridized carbons (Fsp3) is 0.556. The Morgan fingerprint density at radius 3 is 2.88 bits per heavy atom. The van der Waals surface area contributed by atoms with Crippen molar-refractivity contribution in [1.29, 1.82) is 0 Å². The van der Waals surface area contributed by atoms with Gasteiger partial charge < -0.3 is 24.6 Å². The summed E-state index contributed by atoms with van der Waals surface area (Å²) >= 11 is 0. The molecule has 2 fully saturated rings. The van der Waals surface area contributed by atoms with Gasteiger partial charge in [-0.3, -0.25) is 9.59 Å². The molecule has 7 nitrogen and oxygen atoms in total. The van der Waals surface area contributed by atoms with Crippen molar-refractivity contribution in [2.75, 3.05) is 33.5 Å². The highest BCUT2D eigenvalue weighted by molar-refractivity contribution is 5.98. The Labute approximate surface area is 146 Å². The van der Waals surface area contributed by atoms with E-state index in [1.165, 1.54) is 0 Å². The number of likely N-dealkylation sites (N-methyl/N-ethyl adjacent to an activating group) is 1. The number of rotatable bonds is 3. The fourth-order valence-corrected chi connectivity index (χ4v) is 3.85. The smallest absolute Gasteiger partial charge is 0.254 e. The van der Waals surface area contributed by atoms with Crippen LogP contribution in [-0.2, 0) is 4.79 Å². The van der Waals surface area contributed by atoms with E-state index in [0.29, 0.717) is 23.6 Å². The van der Waals surface area contributed by atoms with Crippen LogP contribution in [-0.4, -0.2) is 67.2 Å². The van der Waals surface area contributed by atoms with E-state index in [-0.39, 0.29) is 30.7 Å². The maximum Gasteiger partial charge on any atom is 0.254 e. The minimum atomic E-state index is -0.372. The molecule has 0 aromatic heterocycles. The molecule has 0 saturated carbocycles. The van der Waals surface area contributed by atoms with E-state index in [1.807, 2.05) is 11.9 Å². The quantitative estimate of drug-likeness (QED) is 0.879. The van der Waals surface area contributed by atoms with Crippen LogP contribution in [0.4, 0.5) is 0 Å². The zero-order chi connectivity index (χ0) is 17.4. The van der Waals surface area contributed by atoms with Crippen LogP contribution in [0.15, 0.2) is 18.2 Å². The van der Waals surface area contributed by atoms with Crippen LogP contribution >= 0.6 is 0 Å². The Hall–Kier alpha value is -2.28. The molecular formula is C18H23N3O4. The zero-order valence-electron chi connectivity index (χ0n) is 14.4. The largest absolute Gasteiger partial charge is 0.454 e. The molecule has 4 rings (SSSR count). The van der Waals surface area contributed by atoms with E-state index in [4.69, 9.17) is 9.47 Å². The molecule has 7 heteroatoms. The highest BCUT2D eigenvalue weighted by Gasteiger charge is 2.38. The highest BCUT2D eigenvalue weighted by atomic mass is 16.7. The lowest BCUT2D eigenvalue weighted by Gasteiger charge is -2.31. The minimum absolute atomic E-state index is 0.0419. The van der Waals surface area contributed by atoms with Crippen LogP contribution in [0.1, 0.15) is 29.6 Å². The van der Waals surface area contributed by atoms with Crippen molar-refractivity contribution in [2.24, 2.45) is 0 Å². The van der Waals surface area contributed by atoms with Gasteiger partial charge in [-0.1, -0.05) is 0 Å². The molecule has 25 heavy (non-hydrogen) atoms. The van der Waals surface area contributed by atoms with Gasteiger partial charge in [-0.05, 0) is 44.0 Å². The lowest BCUT2D eigenvalue weighted by atomic mass is 10.1. The number of carbonyl (C=O) groups excluding carboxylic acids is 2. The van der Waals surface area contributed by atoms with E-state index in [0.717, 1.165) is 32.4 Å². The minimum Gasteiger partial charge on any atom is -0.454 e. The molecule has 134 valence electrons. The van der Waals surface area contributed by atoms with Gasteiger partial charge in [0.25, 0.3) is 5.91 Å². The molecule has 3 aliphatic heterocycles. The highest BCUT2D eigenvalue weighted by Crippen LogP contribution is 2.33. The van der Waals surface area contributed by atoms with E-state index >= 15 is 0 Å². The maximum atomic E-state index is 13.0. The summed E-state index contributed by atoms with van der Waals surface area (Å²) in [5.74, 6) is 1.16. The zero-order valence-corrected chi connectivity index (χ0v) is 14.4. The first-order valence-corrected chi connectivity index (χ1v) is 8.83. The Balaban J connectivity index is 1.50. The third-order valence-corrected chi connectivity index (χ3v) is 5.35. The summed E-state index contributed by atoms with van der Waals surface area (Å²) in [7, 11) is 1.85. The summed E-state index contributed by atoms with van der Waals surface area (Å²) in [6.45, 7) is 2.55. The van der Waals surface area contributed by atoms with Gasteiger partial charge in [0.05, 0.1) is 0 Å². The average Bonchev–Trinajstić information content (AvgIpc) is 3.40. The van der Waals surface area contributed by atoms with Gasteiger partial charge in [-0.15, -0.1) is 0 Å². The lowest BCUT2D eigenvalue weighted by molar-refractivity contribution is -0.135. The Bertz CT molecular complexity index is 687. The Kier molecular flexibility index (Phi) is 4.25. The molecular weight excluding hydrogens is 322 g/mol. The van der Waals surface area contributed by atoms with Crippen LogP contribution < -0.4 is 14.8 Å². The van der Waals surface area contributed by atoms with Crippen LogP contribution in [0.3, 0.4) is 0 Å². The average molecular weight is 345 g/mol. The Morgan fingerprint density at radius 2 is 2.08 bits per heavy atom. The normalized spacial score (nSPS) is 24.6. The number of benzene rings is 1. The molecule has 3 aliphatic rings. The maximum absolute atomic E-state index is 13.0. The topological polar surface area (TPSA) is 71.1 Å². The van der Waals surface area contributed by atoms with Gasteiger partial charge in [0.2, 0.25) is 12.7 Å². The van der Waals surface area contributed by atoms with Gasteiger partial charge in [-0.25, -0.2) is 0 Å². The van der Waals surface area contributed by atoms with Crippen molar-refractivity contribution in [3.8, 4) is 11.5 Å². The van der Waals surface area contributed by atoms with Crippen molar-refractivity contribution in [1.82, 2.24) is 15.1 Å². The first-order chi connectivity index (χ1) is 12.1. The third-order valence-electron chi connectivity index (χ3n) is 5.35. The van der Waals surface area contributed by atoms with Gasteiger partial charge in [-0.2, -0.15) is 0 Å². The number of nitrogens with one attached hydrogen (secondary N) is 1. The standard InChI is InChI=1S/C18H23N3O4/c1-20(13-6-7-19-10-13)18(23)14-3-2-8-21(14)17(22)12-4-5-15-16(9-12)25-11-24-15/h4-5,9,13-14,19H,2-3,6-8,10-11H2,1H3. The molecule has 0 aliphatic carbocycles.